The molecule has 3 aromatic rings. The summed E-state index contributed by atoms with van der Waals surface area (Å²) in [7, 11) is 0. The Morgan fingerprint density at radius 1 is 0.968 bits per heavy atom. The third-order valence-corrected chi connectivity index (χ3v) is 5.37. The minimum absolute atomic E-state index is 0.113. The minimum atomic E-state index is -0.650. The minimum Gasteiger partial charge on any atom is -0.489 e. The first kappa shape index (κ1) is 23.0. The number of aliphatic hydroxyl groups excluding tert-OH is 1. The quantitative estimate of drug-likeness (QED) is 0.411. The maximum Gasteiger partial charge on any atom is 0.347 e. The van der Waals surface area contributed by atoms with E-state index in [1.807, 2.05) is 48.5 Å². The van der Waals surface area contributed by atoms with Crippen LogP contribution in [0.5, 0.6) is 5.75 Å². The summed E-state index contributed by atoms with van der Waals surface area (Å²) in [6.07, 6.45) is 3.83. The predicted octanol–water partition coefficient (Wildman–Crippen LogP) is 5.10. The highest BCUT2D eigenvalue weighted by Crippen LogP contribution is 2.34. The molecule has 0 bridgehead atoms. The van der Waals surface area contributed by atoms with E-state index < -0.39 is 11.7 Å². The first-order valence-corrected chi connectivity index (χ1v) is 11.3. The van der Waals surface area contributed by atoms with Crippen molar-refractivity contribution in [2.24, 2.45) is 0 Å². The summed E-state index contributed by atoms with van der Waals surface area (Å²) in [4.78, 5) is 15.1. The third kappa shape index (κ3) is 6.18. The van der Waals surface area contributed by atoms with Gasteiger partial charge in [0.1, 0.15) is 29.6 Å². The molecule has 0 aliphatic heterocycles. The Balaban J connectivity index is 1.84. The SMILES string of the molecule is CCCCN(CCCC)CC(O)COc1c(-c2ccccc2)c(=O)oc2ccccc12. The van der Waals surface area contributed by atoms with Crippen LogP contribution in [0.15, 0.2) is 63.8 Å². The van der Waals surface area contributed by atoms with E-state index in [0.717, 1.165) is 49.7 Å². The monoisotopic (exact) mass is 423 g/mol. The van der Waals surface area contributed by atoms with Gasteiger partial charge in [-0.05, 0) is 43.6 Å². The molecular weight excluding hydrogens is 390 g/mol. The number of para-hydroxylation sites is 1. The Hall–Kier alpha value is -2.63. The van der Waals surface area contributed by atoms with Crippen molar-refractivity contribution in [1.82, 2.24) is 4.90 Å². The second kappa shape index (κ2) is 11.7. The van der Waals surface area contributed by atoms with Crippen LogP contribution in [0.25, 0.3) is 22.1 Å². The van der Waals surface area contributed by atoms with Gasteiger partial charge in [-0.25, -0.2) is 4.79 Å². The average molecular weight is 424 g/mol. The molecule has 2 aromatic carbocycles. The van der Waals surface area contributed by atoms with Crippen molar-refractivity contribution in [3.8, 4) is 16.9 Å². The summed E-state index contributed by atoms with van der Waals surface area (Å²) in [5.74, 6) is 0.464. The fraction of sp³-hybridized carbons (Fsp3) is 0.423. The van der Waals surface area contributed by atoms with Crippen molar-refractivity contribution < 1.29 is 14.3 Å². The van der Waals surface area contributed by atoms with Crippen molar-refractivity contribution in [3.63, 3.8) is 0 Å². The number of ether oxygens (including phenoxy) is 1. The number of rotatable bonds is 12. The van der Waals surface area contributed by atoms with E-state index >= 15 is 0 Å². The molecule has 0 radical (unpaired) electrons. The molecule has 0 saturated heterocycles. The lowest BCUT2D eigenvalue weighted by Crippen LogP contribution is -2.37. The molecule has 1 heterocycles. The number of hydrogen-bond acceptors (Lipinski definition) is 5. The van der Waals surface area contributed by atoms with Crippen LogP contribution in [0.4, 0.5) is 0 Å². The van der Waals surface area contributed by atoms with E-state index in [9.17, 15) is 9.90 Å². The molecule has 1 N–H and O–H groups in total. The van der Waals surface area contributed by atoms with Crippen molar-refractivity contribution in [2.45, 2.75) is 45.6 Å². The molecule has 1 unspecified atom stereocenters. The van der Waals surface area contributed by atoms with Gasteiger partial charge in [-0.1, -0.05) is 69.2 Å². The van der Waals surface area contributed by atoms with Crippen LogP contribution in [0.1, 0.15) is 39.5 Å². The van der Waals surface area contributed by atoms with E-state index in [-0.39, 0.29) is 6.61 Å². The highest BCUT2D eigenvalue weighted by Gasteiger charge is 2.19. The van der Waals surface area contributed by atoms with E-state index in [1.165, 1.54) is 0 Å². The van der Waals surface area contributed by atoms with Gasteiger partial charge >= 0.3 is 5.63 Å². The molecule has 5 nitrogen and oxygen atoms in total. The van der Waals surface area contributed by atoms with Gasteiger partial charge in [-0.3, -0.25) is 0 Å². The molecule has 0 aliphatic rings. The molecule has 31 heavy (non-hydrogen) atoms. The molecule has 0 amide bonds. The second-order valence-corrected chi connectivity index (χ2v) is 7.93. The highest BCUT2D eigenvalue weighted by molar-refractivity contribution is 5.90. The maximum atomic E-state index is 12.8. The fourth-order valence-electron chi connectivity index (χ4n) is 3.71. The van der Waals surface area contributed by atoms with Gasteiger partial charge in [-0.2, -0.15) is 0 Å². The van der Waals surface area contributed by atoms with E-state index in [1.54, 1.807) is 6.07 Å². The Labute approximate surface area is 184 Å². The van der Waals surface area contributed by atoms with Crippen LogP contribution in [-0.4, -0.2) is 42.4 Å². The lowest BCUT2D eigenvalue weighted by molar-refractivity contribution is 0.0677. The first-order chi connectivity index (χ1) is 15.1. The molecule has 0 fully saturated rings. The normalized spacial score (nSPS) is 12.4. The summed E-state index contributed by atoms with van der Waals surface area (Å²) < 4.78 is 11.7. The Bertz CT molecular complexity index is 991. The Kier molecular flexibility index (Phi) is 8.68. The molecule has 166 valence electrons. The van der Waals surface area contributed by atoms with Crippen molar-refractivity contribution in [2.75, 3.05) is 26.2 Å². The average Bonchev–Trinajstić information content (AvgIpc) is 2.79. The van der Waals surface area contributed by atoms with Crippen molar-refractivity contribution in [1.29, 1.82) is 0 Å². The summed E-state index contributed by atoms with van der Waals surface area (Å²) in [5.41, 5.74) is 1.16. The number of aliphatic hydroxyl groups is 1. The van der Waals surface area contributed by atoms with Gasteiger partial charge in [0.25, 0.3) is 0 Å². The lowest BCUT2D eigenvalue weighted by atomic mass is 10.0. The van der Waals surface area contributed by atoms with Crippen LogP contribution < -0.4 is 10.4 Å². The van der Waals surface area contributed by atoms with Gasteiger partial charge in [0, 0.05) is 6.54 Å². The predicted molar refractivity (Wildman–Crippen MR) is 126 cm³/mol. The number of fused-ring (bicyclic) bond motifs is 1. The molecule has 0 spiro atoms. The molecular formula is C26H33NO4. The Morgan fingerprint density at radius 2 is 1.61 bits per heavy atom. The van der Waals surface area contributed by atoms with E-state index in [4.69, 9.17) is 9.15 Å². The zero-order chi connectivity index (χ0) is 22.1. The lowest BCUT2D eigenvalue weighted by Gasteiger charge is -2.25. The summed E-state index contributed by atoms with van der Waals surface area (Å²) >= 11 is 0. The third-order valence-electron chi connectivity index (χ3n) is 5.37. The zero-order valence-electron chi connectivity index (χ0n) is 18.5. The smallest absolute Gasteiger partial charge is 0.347 e. The van der Waals surface area contributed by atoms with Crippen LogP contribution >= 0.6 is 0 Å². The summed E-state index contributed by atoms with van der Waals surface area (Å²) in [5, 5.41) is 11.4. The molecule has 1 atom stereocenters. The van der Waals surface area contributed by atoms with Crippen LogP contribution in [0, 0.1) is 0 Å². The molecule has 5 heteroatoms. The van der Waals surface area contributed by atoms with Gasteiger partial charge in [0.2, 0.25) is 0 Å². The fourth-order valence-corrected chi connectivity index (χ4v) is 3.71. The van der Waals surface area contributed by atoms with Gasteiger partial charge in [-0.15, -0.1) is 0 Å². The summed E-state index contributed by atoms with van der Waals surface area (Å²) in [6, 6.07) is 16.7. The first-order valence-electron chi connectivity index (χ1n) is 11.3. The van der Waals surface area contributed by atoms with Crippen LogP contribution in [0.2, 0.25) is 0 Å². The molecule has 0 saturated carbocycles. The van der Waals surface area contributed by atoms with Gasteiger partial charge < -0.3 is 19.2 Å². The van der Waals surface area contributed by atoms with Crippen molar-refractivity contribution >= 4 is 11.0 Å². The summed E-state index contributed by atoms with van der Waals surface area (Å²) in [6.45, 7) is 6.97. The molecule has 0 aliphatic carbocycles. The van der Waals surface area contributed by atoms with Crippen molar-refractivity contribution in [3.05, 3.63) is 65.0 Å². The zero-order valence-corrected chi connectivity index (χ0v) is 18.5. The molecule has 3 rings (SSSR count). The maximum absolute atomic E-state index is 12.8. The van der Waals surface area contributed by atoms with E-state index in [0.29, 0.717) is 23.4 Å². The second-order valence-electron chi connectivity index (χ2n) is 7.93. The highest BCUT2D eigenvalue weighted by atomic mass is 16.5. The standard InChI is InChI=1S/C26H33NO4/c1-3-5-16-27(17-6-4-2)18-21(28)19-30-25-22-14-10-11-15-23(22)31-26(29)24(25)20-12-8-7-9-13-20/h7-15,21,28H,3-6,16-19H2,1-2H3. The number of benzene rings is 2. The van der Waals surface area contributed by atoms with Gasteiger partial charge in [0.15, 0.2) is 0 Å². The van der Waals surface area contributed by atoms with Crippen LogP contribution in [0.3, 0.4) is 0 Å². The van der Waals surface area contributed by atoms with Crippen LogP contribution in [-0.2, 0) is 0 Å². The number of nitrogens with zero attached hydrogens (tertiary/aromatic N) is 1. The largest absolute Gasteiger partial charge is 0.489 e. The Morgan fingerprint density at radius 3 is 2.29 bits per heavy atom. The number of unbranched alkanes of at least 4 members (excludes halogenated alkanes) is 2. The topological polar surface area (TPSA) is 62.9 Å². The molecule has 1 aromatic heterocycles. The van der Waals surface area contributed by atoms with Gasteiger partial charge in [0.05, 0.1) is 5.39 Å². The van der Waals surface area contributed by atoms with E-state index in [2.05, 4.69) is 18.7 Å². The number of hydrogen-bond donors (Lipinski definition) is 1.